The Balaban J connectivity index is 1.55. The number of hydrogen-bond donors (Lipinski definition) is 1. The van der Waals surface area contributed by atoms with Gasteiger partial charge in [0.25, 0.3) is 0 Å². The van der Waals surface area contributed by atoms with Crippen molar-refractivity contribution in [1.82, 2.24) is 10.1 Å². The normalized spacial score (nSPS) is 21.3. The molecule has 1 amide bonds. The van der Waals surface area contributed by atoms with Gasteiger partial charge >= 0.3 is 0 Å². The fourth-order valence-electron chi connectivity index (χ4n) is 3.12. The first-order chi connectivity index (χ1) is 11.2. The standard InChI is InChI=1S/C18H22N2O3/c21-17-9-11-20(18(22)7-6-16-8-10-19-23-16)13-15(17)12-14-4-2-1-3-5-14/h1-5,8,10,15,17,21H,6-7,9,11-13H2/t15-,17-/m1/s1. The van der Waals surface area contributed by atoms with Gasteiger partial charge in [0.1, 0.15) is 5.76 Å². The Kier molecular flexibility index (Phi) is 5.08. The predicted octanol–water partition coefficient (Wildman–Crippen LogP) is 2.06. The van der Waals surface area contributed by atoms with Crippen molar-refractivity contribution in [2.24, 2.45) is 5.92 Å². The van der Waals surface area contributed by atoms with Gasteiger partial charge in [-0.25, -0.2) is 0 Å². The van der Waals surface area contributed by atoms with E-state index in [4.69, 9.17) is 4.52 Å². The molecule has 5 nitrogen and oxygen atoms in total. The highest BCUT2D eigenvalue weighted by molar-refractivity contribution is 5.76. The van der Waals surface area contributed by atoms with E-state index in [2.05, 4.69) is 17.3 Å². The number of aliphatic hydroxyl groups is 1. The van der Waals surface area contributed by atoms with E-state index in [9.17, 15) is 9.90 Å². The van der Waals surface area contributed by atoms with Crippen LogP contribution in [0, 0.1) is 5.92 Å². The van der Waals surface area contributed by atoms with Gasteiger partial charge < -0.3 is 14.5 Å². The van der Waals surface area contributed by atoms with Crippen LogP contribution in [0.25, 0.3) is 0 Å². The average Bonchev–Trinajstić information content (AvgIpc) is 3.09. The molecule has 0 aliphatic carbocycles. The number of rotatable bonds is 5. The maximum Gasteiger partial charge on any atom is 0.223 e. The topological polar surface area (TPSA) is 66.6 Å². The molecule has 1 aliphatic heterocycles. The number of benzene rings is 1. The summed E-state index contributed by atoms with van der Waals surface area (Å²) >= 11 is 0. The molecular formula is C18H22N2O3. The van der Waals surface area contributed by atoms with E-state index >= 15 is 0 Å². The van der Waals surface area contributed by atoms with Crippen LogP contribution in [0.5, 0.6) is 0 Å². The van der Waals surface area contributed by atoms with E-state index in [1.54, 1.807) is 12.3 Å². The molecule has 0 saturated carbocycles. The van der Waals surface area contributed by atoms with Gasteiger partial charge in [-0.2, -0.15) is 0 Å². The van der Waals surface area contributed by atoms with Crippen LogP contribution in [-0.4, -0.2) is 40.3 Å². The van der Waals surface area contributed by atoms with Crippen LogP contribution in [0.2, 0.25) is 0 Å². The zero-order valence-corrected chi connectivity index (χ0v) is 13.1. The Morgan fingerprint density at radius 2 is 2.13 bits per heavy atom. The van der Waals surface area contributed by atoms with Crippen molar-refractivity contribution in [2.45, 2.75) is 31.8 Å². The Labute approximate surface area is 135 Å². The minimum atomic E-state index is -0.339. The first-order valence-electron chi connectivity index (χ1n) is 8.11. The number of nitrogens with zero attached hydrogens (tertiary/aromatic N) is 2. The zero-order chi connectivity index (χ0) is 16.1. The average molecular weight is 314 g/mol. The van der Waals surface area contributed by atoms with E-state index in [1.165, 1.54) is 5.56 Å². The van der Waals surface area contributed by atoms with E-state index in [-0.39, 0.29) is 17.9 Å². The van der Waals surface area contributed by atoms with Gasteiger partial charge in [0.2, 0.25) is 5.91 Å². The number of aryl methyl sites for hydroxylation is 1. The summed E-state index contributed by atoms with van der Waals surface area (Å²) in [5.74, 6) is 0.947. The van der Waals surface area contributed by atoms with Crippen molar-refractivity contribution in [3.8, 4) is 0 Å². The van der Waals surface area contributed by atoms with Crippen molar-refractivity contribution in [3.63, 3.8) is 0 Å². The molecule has 0 unspecified atom stereocenters. The number of piperidine rings is 1. The summed E-state index contributed by atoms with van der Waals surface area (Å²) in [4.78, 5) is 14.3. The number of amides is 1. The monoisotopic (exact) mass is 314 g/mol. The second-order valence-electron chi connectivity index (χ2n) is 6.12. The fraction of sp³-hybridized carbons (Fsp3) is 0.444. The van der Waals surface area contributed by atoms with Crippen LogP contribution >= 0.6 is 0 Å². The third-order valence-corrected chi connectivity index (χ3v) is 4.46. The van der Waals surface area contributed by atoms with Gasteiger partial charge in [-0.3, -0.25) is 4.79 Å². The molecule has 0 radical (unpaired) electrons. The van der Waals surface area contributed by atoms with E-state index in [1.807, 2.05) is 23.1 Å². The van der Waals surface area contributed by atoms with Gasteiger partial charge in [0, 0.05) is 37.9 Å². The van der Waals surface area contributed by atoms with Crippen molar-refractivity contribution < 1.29 is 14.4 Å². The summed E-state index contributed by atoms with van der Waals surface area (Å²) in [5.41, 5.74) is 1.20. The predicted molar refractivity (Wildman–Crippen MR) is 85.7 cm³/mol. The molecule has 1 aromatic heterocycles. The third-order valence-electron chi connectivity index (χ3n) is 4.46. The summed E-state index contributed by atoms with van der Waals surface area (Å²) in [5, 5.41) is 13.9. The molecule has 0 spiro atoms. The Morgan fingerprint density at radius 1 is 1.30 bits per heavy atom. The number of carbonyl (C=O) groups excluding carboxylic acids is 1. The lowest BCUT2D eigenvalue weighted by Gasteiger charge is -2.36. The molecule has 1 aliphatic rings. The number of carbonyl (C=O) groups is 1. The zero-order valence-electron chi connectivity index (χ0n) is 13.1. The van der Waals surface area contributed by atoms with E-state index in [0.717, 1.165) is 12.2 Å². The van der Waals surface area contributed by atoms with E-state index in [0.29, 0.717) is 32.4 Å². The lowest BCUT2D eigenvalue weighted by molar-refractivity contribution is -0.135. The van der Waals surface area contributed by atoms with Crippen molar-refractivity contribution in [1.29, 1.82) is 0 Å². The Bertz CT molecular complexity index is 612. The lowest BCUT2D eigenvalue weighted by Crippen LogP contribution is -2.46. The number of hydrogen-bond acceptors (Lipinski definition) is 4. The molecule has 1 N–H and O–H groups in total. The molecule has 1 aromatic carbocycles. The van der Waals surface area contributed by atoms with Gasteiger partial charge in [0.15, 0.2) is 0 Å². The van der Waals surface area contributed by atoms with Gasteiger partial charge in [-0.15, -0.1) is 0 Å². The van der Waals surface area contributed by atoms with Crippen molar-refractivity contribution in [2.75, 3.05) is 13.1 Å². The minimum absolute atomic E-state index is 0.0976. The van der Waals surface area contributed by atoms with Gasteiger partial charge in [-0.05, 0) is 18.4 Å². The molecule has 0 bridgehead atoms. The summed E-state index contributed by atoms with van der Waals surface area (Å²) in [7, 11) is 0. The van der Waals surface area contributed by atoms with Crippen molar-refractivity contribution in [3.05, 3.63) is 53.9 Å². The highest BCUT2D eigenvalue weighted by atomic mass is 16.5. The molecule has 122 valence electrons. The van der Waals surface area contributed by atoms with Gasteiger partial charge in [0.05, 0.1) is 12.3 Å². The van der Waals surface area contributed by atoms with Crippen LogP contribution in [0.1, 0.15) is 24.2 Å². The third kappa shape index (κ3) is 4.20. The maximum atomic E-state index is 12.4. The van der Waals surface area contributed by atoms with Crippen molar-refractivity contribution >= 4 is 5.91 Å². The molecule has 3 rings (SSSR count). The molecule has 23 heavy (non-hydrogen) atoms. The molecule has 2 atom stereocenters. The first kappa shape index (κ1) is 15.7. The highest BCUT2D eigenvalue weighted by Crippen LogP contribution is 2.22. The van der Waals surface area contributed by atoms with Crippen LogP contribution in [0.3, 0.4) is 0 Å². The molecule has 1 saturated heterocycles. The molecule has 1 fully saturated rings. The Hall–Kier alpha value is -2.14. The summed E-state index contributed by atoms with van der Waals surface area (Å²) in [6, 6.07) is 11.9. The van der Waals surface area contributed by atoms with Crippen LogP contribution in [0.4, 0.5) is 0 Å². The maximum absolute atomic E-state index is 12.4. The molecular weight excluding hydrogens is 292 g/mol. The second kappa shape index (κ2) is 7.42. The number of aliphatic hydroxyl groups excluding tert-OH is 1. The Morgan fingerprint density at radius 3 is 2.87 bits per heavy atom. The highest BCUT2D eigenvalue weighted by Gasteiger charge is 2.30. The quantitative estimate of drug-likeness (QED) is 0.917. The molecule has 5 heteroatoms. The minimum Gasteiger partial charge on any atom is -0.393 e. The van der Waals surface area contributed by atoms with Crippen LogP contribution in [0.15, 0.2) is 47.1 Å². The second-order valence-corrected chi connectivity index (χ2v) is 6.12. The molecule has 2 heterocycles. The SMILES string of the molecule is O=C(CCc1ccno1)N1CC[C@@H](O)[C@H](Cc2ccccc2)C1. The molecule has 2 aromatic rings. The smallest absolute Gasteiger partial charge is 0.223 e. The van der Waals surface area contributed by atoms with Crippen LogP contribution < -0.4 is 0 Å². The largest absolute Gasteiger partial charge is 0.393 e. The fourth-order valence-corrected chi connectivity index (χ4v) is 3.12. The summed E-state index contributed by atoms with van der Waals surface area (Å²) in [6.07, 6.45) is 3.69. The van der Waals surface area contributed by atoms with E-state index < -0.39 is 0 Å². The number of aromatic nitrogens is 1. The lowest BCUT2D eigenvalue weighted by atomic mass is 9.88. The summed E-state index contributed by atoms with van der Waals surface area (Å²) < 4.78 is 5.03. The van der Waals surface area contributed by atoms with Crippen LogP contribution in [-0.2, 0) is 17.6 Å². The summed E-state index contributed by atoms with van der Waals surface area (Å²) in [6.45, 7) is 1.24. The first-order valence-corrected chi connectivity index (χ1v) is 8.11. The number of likely N-dealkylation sites (tertiary alicyclic amines) is 1. The van der Waals surface area contributed by atoms with Gasteiger partial charge in [-0.1, -0.05) is 35.5 Å².